The van der Waals surface area contributed by atoms with Gasteiger partial charge in [0.25, 0.3) is 0 Å². The summed E-state index contributed by atoms with van der Waals surface area (Å²) in [6.45, 7) is 0. The van der Waals surface area contributed by atoms with E-state index in [4.69, 9.17) is 4.74 Å². The maximum absolute atomic E-state index is 9.94. The van der Waals surface area contributed by atoms with Crippen molar-refractivity contribution in [2.24, 2.45) is 0 Å². The first-order valence-corrected chi connectivity index (χ1v) is 7.33. The first kappa shape index (κ1) is 13.2. The molecular formula is C18H20O2. The maximum Gasteiger partial charge on any atom is 0.124 e. The third-order valence-electron chi connectivity index (χ3n) is 3.92. The zero-order valence-electron chi connectivity index (χ0n) is 11.5. The molecule has 104 valence electrons. The predicted molar refractivity (Wildman–Crippen MR) is 80.8 cm³/mol. The zero-order chi connectivity index (χ0) is 13.8. The summed E-state index contributed by atoms with van der Waals surface area (Å²) < 4.78 is 5.91. The molecule has 2 aromatic rings. The molecule has 1 fully saturated rings. The lowest BCUT2D eigenvalue weighted by Crippen LogP contribution is -2.34. The lowest BCUT2D eigenvalue weighted by molar-refractivity contribution is 0.00688. The fourth-order valence-electron chi connectivity index (χ4n) is 2.75. The monoisotopic (exact) mass is 268 g/mol. The SMILES string of the molecule is OC1CCCCC1Oc1ccc(-c2ccccc2)cc1. The standard InChI is InChI=1S/C18H20O2/c19-17-8-4-5-9-18(17)20-16-12-10-15(11-13-16)14-6-2-1-3-7-14/h1-3,6-7,10-13,17-19H,4-5,8-9H2. The molecule has 2 atom stereocenters. The van der Waals surface area contributed by atoms with Crippen molar-refractivity contribution in [3.8, 4) is 16.9 Å². The summed E-state index contributed by atoms with van der Waals surface area (Å²) in [5.74, 6) is 0.843. The van der Waals surface area contributed by atoms with Crippen LogP contribution in [0.2, 0.25) is 0 Å². The fraction of sp³-hybridized carbons (Fsp3) is 0.333. The van der Waals surface area contributed by atoms with Gasteiger partial charge in [-0.1, -0.05) is 48.9 Å². The quantitative estimate of drug-likeness (QED) is 0.910. The molecule has 1 aliphatic carbocycles. The van der Waals surface area contributed by atoms with Gasteiger partial charge in [-0.05, 0) is 42.5 Å². The summed E-state index contributed by atoms with van der Waals surface area (Å²) in [7, 11) is 0. The van der Waals surface area contributed by atoms with E-state index in [1.165, 1.54) is 11.1 Å². The van der Waals surface area contributed by atoms with Crippen molar-refractivity contribution in [3.63, 3.8) is 0 Å². The third-order valence-corrected chi connectivity index (χ3v) is 3.92. The van der Waals surface area contributed by atoms with Crippen LogP contribution in [0.25, 0.3) is 11.1 Å². The average molecular weight is 268 g/mol. The van der Waals surface area contributed by atoms with Gasteiger partial charge in [0.05, 0.1) is 6.10 Å². The van der Waals surface area contributed by atoms with E-state index in [1.54, 1.807) is 0 Å². The van der Waals surface area contributed by atoms with Crippen molar-refractivity contribution >= 4 is 0 Å². The van der Waals surface area contributed by atoms with E-state index in [-0.39, 0.29) is 12.2 Å². The van der Waals surface area contributed by atoms with Gasteiger partial charge >= 0.3 is 0 Å². The highest BCUT2D eigenvalue weighted by atomic mass is 16.5. The van der Waals surface area contributed by atoms with Crippen molar-refractivity contribution in [2.75, 3.05) is 0 Å². The molecule has 0 aromatic heterocycles. The number of ether oxygens (including phenoxy) is 1. The molecule has 20 heavy (non-hydrogen) atoms. The number of hydrogen-bond acceptors (Lipinski definition) is 2. The molecule has 2 heteroatoms. The Kier molecular flexibility index (Phi) is 4.03. The minimum Gasteiger partial charge on any atom is -0.488 e. The smallest absolute Gasteiger partial charge is 0.124 e. The van der Waals surface area contributed by atoms with Crippen LogP contribution in [-0.4, -0.2) is 17.3 Å². The van der Waals surface area contributed by atoms with Crippen molar-refractivity contribution < 1.29 is 9.84 Å². The number of benzene rings is 2. The molecule has 0 radical (unpaired) electrons. The van der Waals surface area contributed by atoms with E-state index in [2.05, 4.69) is 24.3 Å². The van der Waals surface area contributed by atoms with Gasteiger partial charge in [0.15, 0.2) is 0 Å². The Morgan fingerprint density at radius 3 is 2.15 bits per heavy atom. The van der Waals surface area contributed by atoms with Crippen LogP contribution in [0.5, 0.6) is 5.75 Å². The second kappa shape index (κ2) is 6.10. The molecule has 2 unspecified atom stereocenters. The van der Waals surface area contributed by atoms with Gasteiger partial charge in [-0.2, -0.15) is 0 Å². The summed E-state index contributed by atoms with van der Waals surface area (Å²) in [5, 5.41) is 9.94. The Morgan fingerprint density at radius 2 is 1.45 bits per heavy atom. The predicted octanol–water partition coefficient (Wildman–Crippen LogP) is 4.04. The van der Waals surface area contributed by atoms with Crippen LogP contribution < -0.4 is 4.74 Å². The van der Waals surface area contributed by atoms with Crippen LogP contribution in [-0.2, 0) is 0 Å². The molecule has 2 aromatic carbocycles. The minimum absolute atomic E-state index is 0.0497. The molecule has 0 amide bonds. The van der Waals surface area contributed by atoms with Crippen molar-refractivity contribution in [1.29, 1.82) is 0 Å². The van der Waals surface area contributed by atoms with Gasteiger partial charge in [-0.3, -0.25) is 0 Å². The number of aliphatic hydroxyl groups is 1. The van der Waals surface area contributed by atoms with E-state index < -0.39 is 0 Å². The fourth-order valence-corrected chi connectivity index (χ4v) is 2.75. The van der Waals surface area contributed by atoms with Crippen LogP contribution in [0.3, 0.4) is 0 Å². The molecule has 3 rings (SSSR count). The van der Waals surface area contributed by atoms with E-state index in [1.807, 2.05) is 30.3 Å². The molecule has 1 aliphatic rings. The first-order valence-electron chi connectivity index (χ1n) is 7.33. The summed E-state index contributed by atoms with van der Waals surface area (Å²) in [5.41, 5.74) is 2.39. The number of aliphatic hydroxyl groups excluding tert-OH is 1. The Bertz CT molecular complexity index is 533. The minimum atomic E-state index is -0.322. The lowest BCUT2D eigenvalue weighted by Gasteiger charge is -2.28. The molecule has 0 heterocycles. The van der Waals surface area contributed by atoms with E-state index in [9.17, 15) is 5.11 Å². The molecule has 0 spiro atoms. The average Bonchev–Trinajstić information content (AvgIpc) is 2.51. The van der Waals surface area contributed by atoms with Crippen molar-refractivity contribution in [3.05, 3.63) is 54.6 Å². The highest BCUT2D eigenvalue weighted by molar-refractivity contribution is 5.63. The molecule has 0 aliphatic heterocycles. The van der Waals surface area contributed by atoms with E-state index >= 15 is 0 Å². The Morgan fingerprint density at radius 1 is 0.800 bits per heavy atom. The highest BCUT2D eigenvalue weighted by Gasteiger charge is 2.24. The van der Waals surface area contributed by atoms with Crippen LogP contribution in [0.4, 0.5) is 0 Å². The van der Waals surface area contributed by atoms with Crippen LogP contribution in [0.1, 0.15) is 25.7 Å². The number of hydrogen-bond donors (Lipinski definition) is 1. The highest BCUT2D eigenvalue weighted by Crippen LogP contribution is 2.26. The van der Waals surface area contributed by atoms with Gasteiger partial charge in [-0.15, -0.1) is 0 Å². The topological polar surface area (TPSA) is 29.5 Å². The van der Waals surface area contributed by atoms with Gasteiger partial charge in [0, 0.05) is 0 Å². The Hall–Kier alpha value is -1.80. The normalized spacial score (nSPS) is 22.4. The molecule has 1 saturated carbocycles. The van der Waals surface area contributed by atoms with Gasteiger partial charge in [0.1, 0.15) is 11.9 Å². The summed E-state index contributed by atoms with van der Waals surface area (Å²) in [4.78, 5) is 0. The van der Waals surface area contributed by atoms with Crippen molar-refractivity contribution in [1.82, 2.24) is 0 Å². The molecule has 0 saturated heterocycles. The van der Waals surface area contributed by atoms with Gasteiger partial charge in [-0.25, -0.2) is 0 Å². The third kappa shape index (κ3) is 3.02. The van der Waals surface area contributed by atoms with E-state index in [0.29, 0.717) is 0 Å². The number of rotatable bonds is 3. The summed E-state index contributed by atoms with van der Waals surface area (Å²) >= 11 is 0. The second-order valence-corrected chi connectivity index (χ2v) is 5.40. The second-order valence-electron chi connectivity index (χ2n) is 5.40. The van der Waals surface area contributed by atoms with Crippen LogP contribution in [0.15, 0.2) is 54.6 Å². The van der Waals surface area contributed by atoms with Crippen LogP contribution in [0, 0.1) is 0 Å². The van der Waals surface area contributed by atoms with Gasteiger partial charge < -0.3 is 9.84 Å². The first-order chi connectivity index (χ1) is 9.83. The van der Waals surface area contributed by atoms with Crippen LogP contribution >= 0.6 is 0 Å². The largest absolute Gasteiger partial charge is 0.488 e. The van der Waals surface area contributed by atoms with E-state index in [0.717, 1.165) is 31.4 Å². The Labute approximate surface area is 120 Å². The molecular weight excluding hydrogens is 248 g/mol. The lowest BCUT2D eigenvalue weighted by atomic mass is 9.95. The molecule has 2 nitrogen and oxygen atoms in total. The summed E-state index contributed by atoms with van der Waals surface area (Å²) in [6.07, 6.45) is 3.68. The van der Waals surface area contributed by atoms with Crippen molar-refractivity contribution in [2.45, 2.75) is 37.9 Å². The Balaban J connectivity index is 1.70. The zero-order valence-corrected chi connectivity index (χ0v) is 11.5. The maximum atomic E-state index is 9.94. The molecule has 0 bridgehead atoms. The summed E-state index contributed by atoms with van der Waals surface area (Å²) in [6, 6.07) is 18.4. The molecule has 1 N–H and O–H groups in total. The van der Waals surface area contributed by atoms with Gasteiger partial charge in [0.2, 0.25) is 0 Å².